The quantitative estimate of drug-likeness (QED) is 0.352. The van der Waals surface area contributed by atoms with E-state index >= 15 is 0 Å². The van der Waals surface area contributed by atoms with E-state index in [2.05, 4.69) is 52.7 Å². The van der Waals surface area contributed by atoms with Gasteiger partial charge >= 0.3 is 0 Å². The summed E-state index contributed by atoms with van der Waals surface area (Å²) in [5.74, 6) is 0.551. The Balaban J connectivity index is 0.00000109. The zero-order valence-corrected chi connectivity index (χ0v) is 28.6. The summed E-state index contributed by atoms with van der Waals surface area (Å²) in [5.41, 5.74) is 2.93. The van der Waals surface area contributed by atoms with Crippen LogP contribution < -0.4 is 14.4 Å². The zero-order chi connectivity index (χ0) is 32.6. The molecule has 5 rings (SSSR count). The maximum atomic E-state index is 13.5. The second kappa shape index (κ2) is 16.1. The van der Waals surface area contributed by atoms with Crippen LogP contribution in [0.1, 0.15) is 82.8 Å². The minimum absolute atomic E-state index is 0.147. The number of carbonyl (C=O) groups is 2. The molecule has 0 aromatic heterocycles. The molecule has 1 aliphatic carbocycles. The lowest BCUT2D eigenvalue weighted by Gasteiger charge is -2.46. The molecule has 246 valence electrons. The van der Waals surface area contributed by atoms with Gasteiger partial charge in [-0.3, -0.25) is 19.2 Å². The summed E-state index contributed by atoms with van der Waals surface area (Å²) >= 11 is 6.40. The normalized spacial score (nSPS) is 24.2. The lowest BCUT2D eigenvalue weighted by atomic mass is 9.75. The number of hydrogen-bond donors (Lipinski definition) is 2. The van der Waals surface area contributed by atoms with Crippen molar-refractivity contribution in [3.8, 4) is 5.75 Å². The minimum atomic E-state index is -1.66. The average molecular weight is 658 g/mol. The molecule has 2 aliphatic heterocycles. The molecule has 10 heteroatoms. The van der Waals surface area contributed by atoms with Crippen molar-refractivity contribution >= 4 is 40.2 Å². The highest BCUT2D eigenvalue weighted by atomic mass is 35.5. The van der Waals surface area contributed by atoms with E-state index in [4.69, 9.17) is 26.2 Å². The van der Waals surface area contributed by atoms with Gasteiger partial charge in [0.05, 0.1) is 17.2 Å². The Kier molecular flexibility index (Phi) is 12.5. The standard InChI is InChI=1S/C33H44ClN3O3S.C2H4O2/c1-4-9-25-20-27(34)11-13-29(25)26-22-37-19-15-24(5-2)10-6-7-18-36(3)33(16-8-17-33)32(38)35-41(39)28-12-14-31(40-23-26)30(37)21-28;1-2(3)4/h6-7,11-14,20-21,24,26H,4-5,8-10,15-19,22-23H2,1-3H3,(H,35,38);1H3,(H,3,4)/b7-6+;. The first-order valence-electron chi connectivity index (χ1n) is 16.2. The topological polar surface area (TPSA) is 99.2 Å². The Hall–Kier alpha value is -2.88. The molecule has 0 saturated heterocycles. The molecule has 2 heterocycles. The van der Waals surface area contributed by atoms with Gasteiger partial charge in [0.25, 0.3) is 11.9 Å². The van der Waals surface area contributed by atoms with Crippen molar-refractivity contribution in [1.29, 1.82) is 0 Å². The highest BCUT2D eigenvalue weighted by Gasteiger charge is 2.47. The number of carboxylic acids is 1. The van der Waals surface area contributed by atoms with Crippen LogP contribution in [0, 0.1) is 5.92 Å². The van der Waals surface area contributed by atoms with Crippen molar-refractivity contribution in [3.63, 3.8) is 0 Å². The lowest BCUT2D eigenvalue weighted by Crippen LogP contribution is -2.61. The summed E-state index contributed by atoms with van der Waals surface area (Å²) < 4.78 is 22.8. The minimum Gasteiger partial charge on any atom is -0.491 e. The number of hydrogen-bond acceptors (Lipinski definition) is 6. The molecule has 1 fully saturated rings. The van der Waals surface area contributed by atoms with Crippen LogP contribution in [0.5, 0.6) is 5.75 Å². The van der Waals surface area contributed by atoms with E-state index < -0.39 is 22.5 Å². The highest BCUT2D eigenvalue weighted by molar-refractivity contribution is 7.83. The largest absolute Gasteiger partial charge is 0.491 e. The van der Waals surface area contributed by atoms with Gasteiger partial charge in [-0.1, -0.05) is 56.5 Å². The predicted octanol–water partition coefficient (Wildman–Crippen LogP) is 6.74. The molecule has 8 nitrogen and oxygen atoms in total. The first-order chi connectivity index (χ1) is 21.6. The number of carboxylic acid groups (broad SMARTS) is 1. The number of nitrogens with one attached hydrogen (secondary N) is 1. The van der Waals surface area contributed by atoms with Gasteiger partial charge in [-0.15, -0.1) is 0 Å². The molecule has 2 aromatic carbocycles. The van der Waals surface area contributed by atoms with Crippen LogP contribution in [0.2, 0.25) is 5.02 Å². The molecule has 45 heavy (non-hydrogen) atoms. The van der Waals surface area contributed by atoms with Crippen LogP contribution in [0.3, 0.4) is 0 Å². The Morgan fingerprint density at radius 3 is 2.60 bits per heavy atom. The van der Waals surface area contributed by atoms with Crippen molar-refractivity contribution in [2.24, 2.45) is 5.92 Å². The Morgan fingerprint density at radius 2 is 1.93 bits per heavy atom. The molecular formula is C35H48ClN3O5S. The van der Waals surface area contributed by atoms with Crippen molar-refractivity contribution < 1.29 is 23.6 Å². The molecule has 2 aromatic rings. The molecule has 3 aliphatic rings. The summed E-state index contributed by atoms with van der Waals surface area (Å²) in [5, 5.41) is 8.18. The van der Waals surface area contributed by atoms with E-state index in [0.29, 0.717) is 24.0 Å². The van der Waals surface area contributed by atoms with Crippen LogP contribution in [-0.2, 0) is 27.0 Å². The number of rotatable bonds is 4. The van der Waals surface area contributed by atoms with Crippen LogP contribution in [-0.4, -0.2) is 64.9 Å². The summed E-state index contributed by atoms with van der Waals surface area (Å²) in [4.78, 5) is 27.6. The number of aliphatic carboxylic acids is 1. The molecule has 1 spiro atoms. The number of benzene rings is 2. The molecule has 3 unspecified atom stereocenters. The molecular weight excluding hydrogens is 610 g/mol. The van der Waals surface area contributed by atoms with Crippen molar-refractivity contribution in [2.45, 2.75) is 88.5 Å². The van der Waals surface area contributed by atoms with Gasteiger partial charge < -0.3 is 14.7 Å². The van der Waals surface area contributed by atoms with E-state index in [9.17, 15) is 9.00 Å². The molecule has 3 atom stereocenters. The van der Waals surface area contributed by atoms with Crippen molar-refractivity contribution in [3.05, 3.63) is 64.7 Å². The van der Waals surface area contributed by atoms with Gasteiger partial charge in [-0.05, 0) is 92.9 Å². The number of halogens is 1. The second-order valence-corrected chi connectivity index (χ2v) is 14.1. The third kappa shape index (κ3) is 8.69. The number of amides is 1. The van der Waals surface area contributed by atoms with Gasteiger partial charge in [0.1, 0.15) is 11.3 Å². The van der Waals surface area contributed by atoms with Gasteiger partial charge in [0, 0.05) is 37.5 Å². The Morgan fingerprint density at radius 1 is 1.18 bits per heavy atom. The number of nitrogens with zero attached hydrogens (tertiary/aromatic N) is 2. The number of carbonyl (C=O) groups excluding carboxylic acids is 1. The van der Waals surface area contributed by atoms with Gasteiger partial charge in [0.2, 0.25) is 0 Å². The van der Waals surface area contributed by atoms with Crippen LogP contribution >= 0.6 is 11.6 Å². The van der Waals surface area contributed by atoms with Crippen LogP contribution in [0.15, 0.2) is 53.4 Å². The maximum absolute atomic E-state index is 13.5. The lowest BCUT2D eigenvalue weighted by molar-refractivity contribution is -0.136. The first-order valence-corrected chi connectivity index (χ1v) is 17.7. The number of allylic oxidation sites excluding steroid dienone is 1. The van der Waals surface area contributed by atoms with E-state index in [0.717, 1.165) is 87.8 Å². The summed E-state index contributed by atoms with van der Waals surface area (Å²) in [6.07, 6.45) is 12.3. The summed E-state index contributed by atoms with van der Waals surface area (Å²) in [7, 11) is 0.345. The SMILES string of the molecule is CC(=O)O.CCCc1cc(Cl)ccc1C1COc2ccc3cc2N(CCC(CC)C/C=C/CN(C)C2(CCC2)C(=O)NS3=O)C1. The number of anilines is 1. The second-order valence-electron chi connectivity index (χ2n) is 12.4. The maximum Gasteiger partial charge on any atom is 0.300 e. The number of ether oxygens (including phenoxy) is 1. The number of likely N-dealkylation sites (N-methyl/N-ethyl adjacent to an activating group) is 1. The smallest absolute Gasteiger partial charge is 0.300 e. The molecule has 2 N–H and O–H groups in total. The Labute approximate surface area is 275 Å². The molecule has 0 radical (unpaired) electrons. The summed E-state index contributed by atoms with van der Waals surface area (Å²) in [6.45, 7) is 8.50. The van der Waals surface area contributed by atoms with Crippen molar-refractivity contribution in [1.82, 2.24) is 9.62 Å². The average Bonchev–Trinajstić information content (AvgIpc) is 3.15. The zero-order valence-electron chi connectivity index (χ0n) is 27.0. The van der Waals surface area contributed by atoms with Gasteiger partial charge in [-0.25, -0.2) is 4.21 Å². The Bertz CT molecular complexity index is 1390. The predicted molar refractivity (Wildman–Crippen MR) is 182 cm³/mol. The fraction of sp³-hybridized carbons (Fsp3) is 0.543. The van der Waals surface area contributed by atoms with Crippen LogP contribution in [0.4, 0.5) is 5.69 Å². The van der Waals surface area contributed by atoms with E-state index in [1.165, 1.54) is 11.1 Å². The number of fused-ring (bicyclic) bond motifs is 1. The monoisotopic (exact) mass is 657 g/mol. The van der Waals surface area contributed by atoms with Gasteiger partial charge in [-0.2, -0.15) is 0 Å². The van der Waals surface area contributed by atoms with E-state index in [1.54, 1.807) is 0 Å². The summed E-state index contributed by atoms with van der Waals surface area (Å²) in [6, 6.07) is 12.0. The van der Waals surface area contributed by atoms with E-state index in [1.807, 2.05) is 31.3 Å². The first kappa shape index (κ1) is 35.0. The number of aryl methyl sites for hydroxylation is 1. The van der Waals surface area contributed by atoms with E-state index in [-0.39, 0.29) is 11.8 Å². The van der Waals surface area contributed by atoms with Gasteiger partial charge in [0.15, 0.2) is 11.0 Å². The van der Waals surface area contributed by atoms with Crippen LogP contribution in [0.25, 0.3) is 0 Å². The molecule has 2 bridgehead atoms. The highest BCUT2D eigenvalue weighted by Crippen LogP contribution is 2.40. The third-order valence-corrected chi connectivity index (χ3v) is 10.6. The molecule has 1 saturated carbocycles. The third-order valence-electron chi connectivity index (χ3n) is 9.35. The molecule has 1 amide bonds. The fourth-order valence-corrected chi connectivity index (χ4v) is 7.58. The van der Waals surface area contributed by atoms with Crippen molar-refractivity contribution in [2.75, 3.05) is 38.2 Å². The fourth-order valence-electron chi connectivity index (χ4n) is 6.50.